The van der Waals surface area contributed by atoms with E-state index in [1.165, 1.54) is 28.9 Å². The van der Waals surface area contributed by atoms with Gasteiger partial charge in [0.05, 0.1) is 29.5 Å². The van der Waals surface area contributed by atoms with Crippen molar-refractivity contribution in [3.05, 3.63) is 76.0 Å². The molecule has 0 atom stereocenters. The molecule has 0 unspecified atom stereocenters. The molecule has 0 spiro atoms. The van der Waals surface area contributed by atoms with Crippen LogP contribution in [0.5, 0.6) is 0 Å². The fourth-order valence-corrected chi connectivity index (χ4v) is 2.92. The molecule has 2 aromatic carbocycles. The quantitative estimate of drug-likeness (QED) is 0.331. The summed E-state index contributed by atoms with van der Waals surface area (Å²) in [6, 6.07) is 14.5. The molecule has 3 aromatic rings. The highest BCUT2D eigenvalue weighted by molar-refractivity contribution is 6.06. The second-order valence-corrected chi connectivity index (χ2v) is 6.06. The third-order valence-corrected chi connectivity index (χ3v) is 4.19. The summed E-state index contributed by atoms with van der Waals surface area (Å²) in [7, 11) is 0. The number of rotatable bonds is 7. The Kier molecular flexibility index (Phi) is 6.21. The molecule has 9 nitrogen and oxygen atoms in total. The van der Waals surface area contributed by atoms with Crippen LogP contribution in [-0.2, 0) is 9.47 Å². The van der Waals surface area contributed by atoms with Crippen LogP contribution >= 0.6 is 0 Å². The lowest BCUT2D eigenvalue weighted by Crippen LogP contribution is -2.13. The Morgan fingerprint density at radius 2 is 1.57 bits per heavy atom. The Morgan fingerprint density at radius 1 is 0.967 bits per heavy atom. The summed E-state index contributed by atoms with van der Waals surface area (Å²) < 4.78 is 11.6. The SMILES string of the molecule is CCOC(=O)c1nn(-c2ccc([N+](=O)[O-])cc2)c(-c2ccccc2)c1C(=O)OCC. The van der Waals surface area contributed by atoms with Gasteiger partial charge in [-0.15, -0.1) is 0 Å². The van der Waals surface area contributed by atoms with Crippen LogP contribution in [0.2, 0.25) is 0 Å². The second-order valence-electron chi connectivity index (χ2n) is 6.06. The van der Waals surface area contributed by atoms with Gasteiger partial charge in [-0.2, -0.15) is 5.10 Å². The standard InChI is InChI=1S/C21H19N3O6/c1-3-29-20(25)17-18(21(26)30-4-2)22-23(19(17)14-8-6-5-7-9-14)15-10-12-16(13-11-15)24(27)28/h5-13H,3-4H2,1-2H3. The van der Waals surface area contributed by atoms with Crippen LogP contribution < -0.4 is 0 Å². The van der Waals surface area contributed by atoms with Gasteiger partial charge in [0.1, 0.15) is 5.56 Å². The molecule has 0 N–H and O–H groups in total. The minimum Gasteiger partial charge on any atom is -0.462 e. The van der Waals surface area contributed by atoms with E-state index < -0.39 is 16.9 Å². The Bertz CT molecular complexity index is 1070. The van der Waals surface area contributed by atoms with Gasteiger partial charge in [0, 0.05) is 17.7 Å². The minimum absolute atomic E-state index is 0.0279. The highest BCUT2D eigenvalue weighted by Crippen LogP contribution is 2.31. The highest BCUT2D eigenvalue weighted by Gasteiger charge is 2.31. The molecule has 0 saturated carbocycles. The Morgan fingerprint density at radius 3 is 2.13 bits per heavy atom. The topological polar surface area (TPSA) is 114 Å². The third kappa shape index (κ3) is 4.04. The molecule has 1 heterocycles. The molecule has 0 bridgehead atoms. The van der Waals surface area contributed by atoms with E-state index in [2.05, 4.69) is 5.10 Å². The minimum atomic E-state index is -0.765. The number of aromatic nitrogens is 2. The molecule has 0 radical (unpaired) electrons. The number of non-ortho nitro benzene ring substituents is 1. The summed E-state index contributed by atoms with van der Waals surface area (Å²) >= 11 is 0. The van der Waals surface area contributed by atoms with Gasteiger partial charge in [0.25, 0.3) is 5.69 Å². The number of carbonyl (C=O) groups is 2. The van der Waals surface area contributed by atoms with Gasteiger partial charge in [-0.1, -0.05) is 30.3 Å². The first kappa shape index (κ1) is 20.7. The number of hydrogen-bond donors (Lipinski definition) is 0. The largest absolute Gasteiger partial charge is 0.462 e. The number of nitro groups is 1. The van der Waals surface area contributed by atoms with Crippen molar-refractivity contribution >= 4 is 17.6 Å². The van der Waals surface area contributed by atoms with Crippen molar-refractivity contribution in [3.8, 4) is 16.9 Å². The van der Waals surface area contributed by atoms with E-state index in [1.807, 2.05) is 6.07 Å². The van der Waals surface area contributed by atoms with Crippen LogP contribution in [-0.4, -0.2) is 39.9 Å². The average Bonchev–Trinajstić information content (AvgIpc) is 3.15. The van der Waals surface area contributed by atoms with Crippen molar-refractivity contribution in [1.82, 2.24) is 9.78 Å². The molecule has 0 amide bonds. The van der Waals surface area contributed by atoms with E-state index >= 15 is 0 Å². The molecule has 0 saturated heterocycles. The molecule has 30 heavy (non-hydrogen) atoms. The van der Waals surface area contributed by atoms with Crippen molar-refractivity contribution in [2.24, 2.45) is 0 Å². The van der Waals surface area contributed by atoms with Gasteiger partial charge in [-0.25, -0.2) is 14.3 Å². The van der Waals surface area contributed by atoms with Crippen molar-refractivity contribution in [2.75, 3.05) is 13.2 Å². The van der Waals surface area contributed by atoms with Crippen molar-refractivity contribution in [2.45, 2.75) is 13.8 Å². The van der Waals surface area contributed by atoms with Gasteiger partial charge in [-0.05, 0) is 26.0 Å². The fraction of sp³-hybridized carbons (Fsp3) is 0.190. The maximum absolute atomic E-state index is 12.8. The van der Waals surface area contributed by atoms with Gasteiger partial charge in [0.15, 0.2) is 5.69 Å². The number of carbonyl (C=O) groups excluding carboxylic acids is 2. The molecule has 0 aliphatic rings. The van der Waals surface area contributed by atoms with Crippen molar-refractivity contribution in [3.63, 3.8) is 0 Å². The summed E-state index contributed by atoms with van der Waals surface area (Å²) in [6.45, 7) is 3.52. The summed E-state index contributed by atoms with van der Waals surface area (Å²) in [4.78, 5) is 35.8. The predicted molar refractivity (Wildman–Crippen MR) is 108 cm³/mol. The first-order valence-corrected chi connectivity index (χ1v) is 9.25. The van der Waals surface area contributed by atoms with Crippen LogP contribution in [0.3, 0.4) is 0 Å². The first-order valence-electron chi connectivity index (χ1n) is 9.25. The van der Waals surface area contributed by atoms with Gasteiger partial charge >= 0.3 is 11.9 Å². The maximum Gasteiger partial charge on any atom is 0.359 e. The Balaban J connectivity index is 2.29. The summed E-state index contributed by atoms with van der Waals surface area (Å²) in [5, 5.41) is 15.3. The number of ether oxygens (including phenoxy) is 2. The van der Waals surface area contributed by atoms with Gasteiger partial charge < -0.3 is 9.47 Å². The summed E-state index contributed by atoms with van der Waals surface area (Å²) in [5.41, 5.74) is 1.06. The number of esters is 2. The normalized spacial score (nSPS) is 10.5. The van der Waals surface area contributed by atoms with Crippen LogP contribution in [0.1, 0.15) is 34.7 Å². The van der Waals surface area contributed by atoms with E-state index in [0.29, 0.717) is 16.9 Å². The van der Waals surface area contributed by atoms with E-state index in [9.17, 15) is 19.7 Å². The monoisotopic (exact) mass is 409 g/mol. The van der Waals surface area contributed by atoms with Crippen LogP contribution in [0, 0.1) is 10.1 Å². The predicted octanol–water partition coefficient (Wildman–Crippen LogP) is 3.80. The number of hydrogen-bond acceptors (Lipinski definition) is 7. The van der Waals surface area contributed by atoms with Crippen LogP contribution in [0.4, 0.5) is 5.69 Å². The zero-order valence-electron chi connectivity index (χ0n) is 16.4. The van der Waals surface area contributed by atoms with Crippen LogP contribution in [0.25, 0.3) is 16.9 Å². The summed E-state index contributed by atoms with van der Waals surface area (Å²) in [5.74, 6) is -1.48. The fourth-order valence-electron chi connectivity index (χ4n) is 2.92. The number of benzene rings is 2. The zero-order valence-corrected chi connectivity index (χ0v) is 16.4. The van der Waals surface area contributed by atoms with E-state index in [1.54, 1.807) is 38.1 Å². The average molecular weight is 409 g/mol. The Labute approximate surface area is 172 Å². The van der Waals surface area contributed by atoms with Crippen molar-refractivity contribution < 1.29 is 24.0 Å². The molecule has 0 aliphatic heterocycles. The molecule has 1 aromatic heterocycles. The molecule has 154 valence electrons. The molecule has 0 fully saturated rings. The molecule has 3 rings (SSSR count). The highest BCUT2D eigenvalue weighted by atomic mass is 16.6. The molecular formula is C21H19N3O6. The molecule has 9 heteroatoms. The smallest absolute Gasteiger partial charge is 0.359 e. The second kappa shape index (κ2) is 8.99. The molecular weight excluding hydrogens is 390 g/mol. The van der Waals surface area contributed by atoms with E-state index in [4.69, 9.17) is 9.47 Å². The lowest BCUT2D eigenvalue weighted by molar-refractivity contribution is -0.384. The van der Waals surface area contributed by atoms with E-state index in [0.717, 1.165) is 0 Å². The van der Waals surface area contributed by atoms with E-state index in [-0.39, 0.29) is 30.2 Å². The third-order valence-electron chi connectivity index (χ3n) is 4.19. The number of nitro benzene ring substituents is 1. The van der Waals surface area contributed by atoms with Gasteiger partial charge in [0.2, 0.25) is 0 Å². The first-order chi connectivity index (χ1) is 14.5. The zero-order chi connectivity index (χ0) is 21.7. The van der Waals surface area contributed by atoms with Crippen LogP contribution in [0.15, 0.2) is 54.6 Å². The lowest BCUT2D eigenvalue weighted by atomic mass is 10.1. The number of nitrogens with zero attached hydrogens (tertiary/aromatic N) is 3. The Hall–Kier alpha value is -4.01. The summed E-state index contributed by atoms with van der Waals surface area (Å²) in [6.07, 6.45) is 0. The van der Waals surface area contributed by atoms with Gasteiger partial charge in [-0.3, -0.25) is 10.1 Å². The molecule has 0 aliphatic carbocycles. The maximum atomic E-state index is 12.8. The lowest BCUT2D eigenvalue weighted by Gasteiger charge is -2.10. The van der Waals surface area contributed by atoms with Crippen molar-refractivity contribution in [1.29, 1.82) is 0 Å².